The maximum atomic E-state index is 12.0. The van der Waals surface area contributed by atoms with Gasteiger partial charge in [0.05, 0.1) is 17.4 Å². The van der Waals surface area contributed by atoms with Gasteiger partial charge in [0.25, 0.3) is 10.0 Å². The van der Waals surface area contributed by atoms with E-state index < -0.39 is 10.0 Å². The molecule has 0 fully saturated rings. The van der Waals surface area contributed by atoms with Gasteiger partial charge in [0, 0.05) is 6.20 Å². The highest BCUT2D eigenvalue weighted by atomic mass is 32.2. The zero-order valence-corrected chi connectivity index (χ0v) is 10.3. The van der Waals surface area contributed by atoms with Crippen molar-refractivity contribution in [3.05, 3.63) is 41.7 Å². The van der Waals surface area contributed by atoms with E-state index in [4.69, 9.17) is 5.26 Å². The summed E-state index contributed by atoms with van der Waals surface area (Å²) in [4.78, 5) is 0.0212. The van der Waals surface area contributed by atoms with E-state index >= 15 is 0 Å². The lowest BCUT2D eigenvalue weighted by atomic mass is 10.1. The number of H-pyrrole nitrogens is 1. The van der Waals surface area contributed by atoms with Crippen molar-refractivity contribution in [2.45, 2.75) is 11.8 Å². The van der Waals surface area contributed by atoms with E-state index in [1.54, 1.807) is 25.1 Å². The summed E-state index contributed by atoms with van der Waals surface area (Å²) in [7, 11) is -3.71. The number of anilines is 1. The highest BCUT2D eigenvalue weighted by molar-refractivity contribution is 7.92. The van der Waals surface area contributed by atoms with Crippen LogP contribution in [-0.2, 0) is 10.0 Å². The Kier molecular flexibility index (Phi) is 3.04. The summed E-state index contributed by atoms with van der Waals surface area (Å²) in [5.41, 5.74) is 1.29. The number of aromatic amines is 1. The Morgan fingerprint density at radius 1 is 1.44 bits per heavy atom. The molecule has 0 aliphatic heterocycles. The molecule has 18 heavy (non-hydrogen) atoms. The molecule has 0 unspecified atom stereocenters. The predicted octanol–water partition coefficient (Wildman–Crippen LogP) is 1.39. The van der Waals surface area contributed by atoms with Gasteiger partial charge in [0.2, 0.25) is 0 Å². The molecule has 0 amide bonds. The van der Waals surface area contributed by atoms with Gasteiger partial charge in [-0.2, -0.15) is 10.4 Å². The van der Waals surface area contributed by atoms with Crippen LogP contribution in [0.3, 0.4) is 0 Å². The normalized spacial score (nSPS) is 10.9. The molecule has 0 aliphatic rings. The Balaban J connectivity index is 2.43. The van der Waals surface area contributed by atoms with Gasteiger partial charge in [-0.25, -0.2) is 8.42 Å². The number of hydrogen-bond donors (Lipinski definition) is 2. The fourth-order valence-corrected chi connectivity index (χ4v) is 2.47. The number of nitriles is 1. The Labute approximate surface area is 104 Å². The average molecular weight is 262 g/mol. The van der Waals surface area contributed by atoms with Gasteiger partial charge in [0.15, 0.2) is 0 Å². The molecule has 92 valence electrons. The molecule has 2 rings (SSSR count). The van der Waals surface area contributed by atoms with Gasteiger partial charge < -0.3 is 0 Å². The van der Waals surface area contributed by atoms with Crippen LogP contribution in [0.5, 0.6) is 0 Å². The zero-order chi connectivity index (χ0) is 13.2. The molecule has 0 saturated heterocycles. The van der Waals surface area contributed by atoms with Crippen LogP contribution < -0.4 is 4.72 Å². The molecule has 1 aromatic heterocycles. The molecular weight excluding hydrogens is 252 g/mol. The van der Waals surface area contributed by atoms with E-state index in [1.165, 1.54) is 12.4 Å². The number of aromatic nitrogens is 2. The molecule has 0 radical (unpaired) electrons. The third-order valence-electron chi connectivity index (χ3n) is 2.41. The molecule has 1 heterocycles. The average Bonchev–Trinajstić information content (AvgIpc) is 2.83. The van der Waals surface area contributed by atoms with Crippen LogP contribution >= 0.6 is 0 Å². The Morgan fingerprint density at radius 3 is 2.83 bits per heavy atom. The van der Waals surface area contributed by atoms with Crippen molar-refractivity contribution in [1.82, 2.24) is 10.2 Å². The van der Waals surface area contributed by atoms with Crippen molar-refractivity contribution in [2.75, 3.05) is 4.72 Å². The summed E-state index contributed by atoms with van der Waals surface area (Å²) in [6, 6.07) is 6.95. The number of hydrogen-bond acceptors (Lipinski definition) is 4. The van der Waals surface area contributed by atoms with Crippen LogP contribution in [0.25, 0.3) is 0 Å². The Hall–Kier alpha value is -2.33. The number of aryl methyl sites for hydroxylation is 1. The molecule has 0 spiro atoms. The number of sulfonamides is 1. The van der Waals surface area contributed by atoms with Crippen LogP contribution in [0, 0.1) is 18.3 Å². The quantitative estimate of drug-likeness (QED) is 0.873. The topological polar surface area (TPSA) is 98.6 Å². The standard InChI is InChI=1S/C11H10N4O2S/c1-8-3-2-4-11(10(8)5-12)15-18(16,17)9-6-13-14-7-9/h2-4,6-7,15H,1H3,(H,13,14). The first kappa shape index (κ1) is 12.1. The highest BCUT2D eigenvalue weighted by Gasteiger charge is 2.17. The van der Waals surface area contributed by atoms with Crippen molar-refractivity contribution < 1.29 is 8.42 Å². The minimum absolute atomic E-state index is 0.0212. The second kappa shape index (κ2) is 4.50. The summed E-state index contributed by atoms with van der Waals surface area (Å²) in [5.74, 6) is 0. The van der Waals surface area contributed by atoms with Crippen LogP contribution in [0.15, 0.2) is 35.5 Å². The lowest BCUT2D eigenvalue weighted by molar-refractivity contribution is 0.601. The molecule has 6 nitrogen and oxygen atoms in total. The van der Waals surface area contributed by atoms with E-state index in [9.17, 15) is 8.42 Å². The van der Waals surface area contributed by atoms with Gasteiger partial charge in [-0.1, -0.05) is 12.1 Å². The summed E-state index contributed by atoms with van der Waals surface area (Å²) in [6.45, 7) is 1.74. The maximum absolute atomic E-state index is 12.0. The SMILES string of the molecule is Cc1cccc(NS(=O)(=O)c2cn[nH]c2)c1C#N. The van der Waals surface area contributed by atoms with Crippen LogP contribution in [0.2, 0.25) is 0 Å². The first-order chi connectivity index (χ1) is 8.54. The van der Waals surface area contributed by atoms with E-state index in [0.29, 0.717) is 11.1 Å². The van der Waals surface area contributed by atoms with E-state index in [1.807, 2.05) is 6.07 Å². The van der Waals surface area contributed by atoms with Crippen molar-refractivity contribution in [3.8, 4) is 6.07 Å². The third kappa shape index (κ3) is 2.19. The fourth-order valence-electron chi connectivity index (χ4n) is 1.49. The molecule has 0 bridgehead atoms. The van der Waals surface area contributed by atoms with E-state index in [2.05, 4.69) is 14.9 Å². The van der Waals surface area contributed by atoms with E-state index in [0.717, 1.165) is 0 Å². The molecule has 7 heteroatoms. The fraction of sp³-hybridized carbons (Fsp3) is 0.0909. The third-order valence-corrected chi connectivity index (χ3v) is 3.74. The molecule has 0 aliphatic carbocycles. The molecule has 1 aromatic carbocycles. The van der Waals surface area contributed by atoms with Gasteiger partial charge in [-0.3, -0.25) is 9.82 Å². The van der Waals surface area contributed by atoms with Gasteiger partial charge >= 0.3 is 0 Å². The molecule has 2 N–H and O–H groups in total. The van der Waals surface area contributed by atoms with Crippen LogP contribution in [0.1, 0.15) is 11.1 Å². The number of nitrogens with zero attached hydrogens (tertiary/aromatic N) is 2. The van der Waals surface area contributed by atoms with E-state index in [-0.39, 0.29) is 10.6 Å². The number of rotatable bonds is 3. The second-order valence-electron chi connectivity index (χ2n) is 3.65. The zero-order valence-electron chi connectivity index (χ0n) is 9.51. The Bertz CT molecular complexity index is 699. The van der Waals surface area contributed by atoms with Crippen molar-refractivity contribution in [1.29, 1.82) is 5.26 Å². The highest BCUT2D eigenvalue weighted by Crippen LogP contribution is 2.21. The monoisotopic (exact) mass is 262 g/mol. The largest absolute Gasteiger partial charge is 0.284 e. The first-order valence-corrected chi connectivity index (χ1v) is 6.54. The lowest BCUT2D eigenvalue weighted by Gasteiger charge is -2.09. The number of nitrogens with one attached hydrogen (secondary N) is 2. The van der Waals surface area contributed by atoms with Gasteiger partial charge in [-0.15, -0.1) is 0 Å². The molecule has 2 aromatic rings. The summed E-state index contributed by atoms with van der Waals surface area (Å²) >= 11 is 0. The van der Waals surface area contributed by atoms with Crippen LogP contribution in [0.4, 0.5) is 5.69 Å². The smallest absolute Gasteiger partial charge is 0.265 e. The number of benzene rings is 1. The summed E-state index contributed by atoms with van der Waals surface area (Å²) in [5, 5.41) is 15.0. The minimum atomic E-state index is -3.71. The minimum Gasteiger partial charge on any atom is -0.284 e. The van der Waals surface area contributed by atoms with Crippen molar-refractivity contribution in [3.63, 3.8) is 0 Å². The van der Waals surface area contributed by atoms with Gasteiger partial charge in [0.1, 0.15) is 11.0 Å². The molecular formula is C11H10N4O2S. The Morgan fingerprint density at radius 2 is 2.22 bits per heavy atom. The first-order valence-electron chi connectivity index (χ1n) is 5.06. The molecule has 0 saturated carbocycles. The maximum Gasteiger partial charge on any atom is 0.265 e. The second-order valence-corrected chi connectivity index (χ2v) is 5.33. The van der Waals surface area contributed by atoms with Crippen molar-refractivity contribution >= 4 is 15.7 Å². The predicted molar refractivity (Wildman–Crippen MR) is 65.3 cm³/mol. The van der Waals surface area contributed by atoms with Crippen molar-refractivity contribution in [2.24, 2.45) is 0 Å². The molecule has 0 atom stereocenters. The summed E-state index contributed by atoms with van der Waals surface area (Å²) < 4.78 is 26.3. The van der Waals surface area contributed by atoms with Crippen LogP contribution in [-0.4, -0.2) is 18.6 Å². The summed E-state index contributed by atoms with van der Waals surface area (Å²) in [6.07, 6.45) is 2.47. The van der Waals surface area contributed by atoms with Gasteiger partial charge in [-0.05, 0) is 18.6 Å². The lowest BCUT2D eigenvalue weighted by Crippen LogP contribution is -2.13.